The lowest BCUT2D eigenvalue weighted by atomic mass is 9.97. The Morgan fingerprint density at radius 3 is 2.18 bits per heavy atom. The molecule has 1 heteroatoms. The topological polar surface area (TPSA) is 17.1 Å². The van der Waals surface area contributed by atoms with Gasteiger partial charge in [-0.1, -0.05) is 27.7 Å². The minimum absolute atomic E-state index is 0.272. The Hall–Kier alpha value is -0.330. The summed E-state index contributed by atoms with van der Waals surface area (Å²) in [5, 5.41) is 0. The zero-order chi connectivity index (χ0) is 8.85. The molecule has 1 unspecified atom stereocenters. The van der Waals surface area contributed by atoms with Crippen LogP contribution >= 0.6 is 0 Å². The fraction of sp³-hybridized carbons (Fsp3) is 0.900. The molecule has 0 saturated carbocycles. The third-order valence-electron chi connectivity index (χ3n) is 2.13. The molecule has 0 aliphatic heterocycles. The molecule has 0 radical (unpaired) electrons. The summed E-state index contributed by atoms with van der Waals surface area (Å²) in [5.41, 5.74) is 0. The first kappa shape index (κ1) is 10.7. The van der Waals surface area contributed by atoms with Gasteiger partial charge in [-0.25, -0.2) is 0 Å². The van der Waals surface area contributed by atoms with Crippen molar-refractivity contribution < 1.29 is 4.79 Å². The van der Waals surface area contributed by atoms with Crippen molar-refractivity contribution in [2.45, 2.75) is 47.0 Å². The summed E-state index contributed by atoms with van der Waals surface area (Å²) in [6.07, 6.45) is 2.80. The Morgan fingerprint density at radius 1 is 1.27 bits per heavy atom. The highest BCUT2D eigenvalue weighted by atomic mass is 16.1. The molecule has 0 spiro atoms. The second kappa shape index (κ2) is 5.34. The number of ketones is 1. The summed E-state index contributed by atoms with van der Waals surface area (Å²) in [6.45, 7) is 8.40. The quantitative estimate of drug-likeness (QED) is 0.598. The minimum atomic E-state index is 0.272. The van der Waals surface area contributed by atoms with Crippen LogP contribution in [0, 0.1) is 11.8 Å². The van der Waals surface area contributed by atoms with E-state index in [4.69, 9.17) is 0 Å². The van der Waals surface area contributed by atoms with Crippen molar-refractivity contribution in [2.24, 2.45) is 11.8 Å². The van der Waals surface area contributed by atoms with Gasteiger partial charge in [-0.2, -0.15) is 0 Å². The van der Waals surface area contributed by atoms with Gasteiger partial charge in [0.1, 0.15) is 5.78 Å². The predicted octanol–water partition coefficient (Wildman–Crippen LogP) is 3.04. The molecule has 0 amide bonds. The van der Waals surface area contributed by atoms with Crippen LogP contribution in [0.2, 0.25) is 0 Å². The van der Waals surface area contributed by atoms with Crippen molar-refractivity contribution >= 4 is 5.78 Å². The van der Waals surface area contributed by atoms with E-state index >= 15 is 0 Å². The van der Waals surface area contributed by atoms with Crippen molar-refractivity contribution in [3.63, 3.8) is 0 Å². The average Bonchev–Trinajstić information content (AvgIpc) is 1.98. The Morgan fingerprint density at radius 2 is 1.82 bits per heavy atom. The summed E-state index contributed by atoms with van der Waals surface area (Å²) < 4.78 is 0. The van der Waals surface area contributed by atoms with Crippen LogP contribution < -0.4 is 0 Å². The molecule has 0 aliphatic rings. The van der Waals surface area contributed by atoms with Crippen LogP contribution in [0.4, 0.5) is 0 Å². The van der Waals surface area contributed by atoms with Crippen molar-refractivity contribution in [1.29, 1.82) is 0 Å². The lowest BCUT2D eigenvalue weighted by Gasteiger charge is -2.08. The molecule has 0 bridgehead atoms. The molecule has 0 aromatic heterocycles. The summed E-state index contributed by atoms with van der Waals surface area (Å²) >= 11 is 0. The first-order valence-electron chi connectivity index (χ1n) is 4.60. The van der Waals surface area contributed by atoms with Crippen molar-refractivity contribution in [2.75, 3.05) is 0 Å². The van der Waals surface area contributed by atoms with Crippen LogP contribution in [-0.4, -0.2) is 5.78 Å². The molecule has 1 nitrogen and oxygen atoms in total. The van der Waals surface area contributed by atoms with Gasteiger partial charge in [0, 0.05) is 12.3 Å². The molecule has 0 heterocycles. The standard InChI is InChI=1S/C10H20O/c1-5-9(4)10(11)7-6-8(2)3/h8-9H,5-7H2,1-4H3. The molecule has 0 aliphatic carbocycles. The average molecular weight is 156 g/mol. The molecule has 0 fully saturated rings. The van der Waals surface area contributed by atoms with Gasteiger partial charge >= 0.3 is 0 Å². The van der Waals surface area contributed by atoms with E-state index in [2.05, 4.69) is 20.8 Å². The Balaban J connectivity index is 3.52. The van der Waals surface area contributed by atoms with Gasteiger partial charge in [-0.15, -0.1) is 0 Å². The zero-order valence-corrected chi connectivity index (χ0v) is 8.18. The first-order valence-corrected chi connectivity index (χ1v) is 4.60. The molecule has 0 N–H and O–H groups in total. The van der Waals surface area contributed by atoms with Crippen molar-refractivity contribution in [3.8, 4) is 0 Å². The Bertz CT molecular complexity index is 116. The summed E-state index contributed by atoms with van der Waals surface area (Å²) in [4.78, 5) is 11.3. The fourth-order valence-electron chi connectivity index (χ4n) is 0.905. The van der Waals surface area contributed by atoms with E-state index in [1.165, 1.54) is 0 Å². The summed E-state index contributed by atoms with van der Waals surface area (Å²) in [7, 11) is 0. The van der Waals surface area contributed by atoms with E-state index < -0.39 is 0 Å². The predicted molar refractivity (Wildman–Crippen MR) is 48.5 cm³/mol. The van der Waals surface area contributed by atoms with Crippen LogP contribution in [0.15, 0.2) is 0 Å². The normalized spacial score (nSPS) is 13.5. The number of Topliss-reactive ketones (excluding diaryl/α,β-unsaturated/α-hetero) is 1. The van der Waals surface area contributed by atoms with Gasteiger partial charge in [-0.05, 0) is 18.8 Å². The Labute approximate surface area is 70.2 Å². The lowest BCUT2D eigenvalue weighted by Crippen LogP contribution is -2.10. The molecule has 66 valence electrons. The smallest absolute Gasteiger partial charge is 0.135 e. The molecular weight excluding hydrogens is 136 g/mol. The summed E-state index contributed by atoms with van der Waals surface area (Å²) in [5.74, 6) is 1.36. The third kappa shape index (κ3) is 5.00. The first-order chi connectivity index (χ1) is 5.07. The monoisotopic (exact) mass is 156 g/mol. The van der Waals surface area contributed by atoms with E-state index in [-0.39, 0.29) is 5.92 Å². The maximum absolute atomic E-state index is 11.3. The van der Waals surface area contributed by atoms with E-state index in [0.29, 0.717) is 11.7 Å². The lowest BCUT2D eigenvalue weighted by molar-refractivity contribution is -0.122. The number of carbonyl (C=O) groups is 1. The van der Waals surface area contributed by atoms with Crippen LogP contribution in [0.3, 0.4) is 0 Å². The molecule has 11 heavy (non-hydrogen) atoms. The van der Waals surface area contributed by atoms with Crippen LogP contribution in [-0.2, 0) is 4.79 Å². The molecule has 0 aromatic rings. The number of rotatable bonds is 5. The molecule has 0 rings (SSSR count). The maximum atomic E-state index is 11.3. The molecule has 1 atom stereocenters. The molecular formula is C10H20O. The Kier molecular flexibility index (Phi) is 5.18. The highest BCUT2D eigenvalue weighted by Gasteiger charge is 2.10. The van der Waals surface area contributed by atoms with Gasteiger partial charge in [0.25, 0.3) is 0 Å². The van der Waals surface area contributed by atoms with Gasteiger partial charge in [0.2, 0.25) is 0 Å². The van der Waals surface area contributed by atoms with Gasteiger partial charge in [-0.3, -0.25) is 4.79 Å². The third-order valence-corrected chi connectivity index (χ3v) is 2.13. The van der Waals surface area contributed by atoms with Crippen LogP contribution in [0.1, 0.15) is 47.0 Å². The second-order valence-electron chi connectivity index (χ2n) is 3.71. The zero-order valence-electron chi connectivity index (χ0n) is 8.18. The van der Waals surface area contributed by atoms with Crippen LogP contribution in [0.25, 0.3) is 0 Å². The van der Waals surface area contributed by atoms with E-state index in [9.17, 15) is 4.79 Å². The highest BCUT2D eigenvalue weighted by molar-refractivity contribution is 5.80. The van der Waals surface area contributed by atoms with Crippen molar-refractivity contribution in [3.05, 3.63) is 0 Å². The van der Waals surface area contributed by atoms with Crippen LogP contribution in [0.5, 0.6) is 0 Å². The second-order valence-corrected chi connectivity index (χ2v) is 3.71. The van der Waals surface area contributed by atoms with Crippen molar-refractivity contribution in [1.82, 2.24) is 0 Å². The number of carbonyl (C=O) groups excluding carboxylic acids is 1. The molecule has 0 aromatic carbocycles. The summed E-state index contributed by atoms with van der Waals surface area (Å²) in [6, 6.07) is 0. The number of hydrogen-bond donors (Lipinski definition) is 0. The van der Waals surface area contributed by atoms with Gasteiger partial charge < -0.3 is 0 Å². The highest BCUT2D eigenvalue weighted by Crippen LogP contribution is 2.10. The molecule has 0 saturated heterocycles. The van der Waals surface area contributed by atoms with E-state index in [1.807, 2.05) is 6.92 Å². The van der Waals surface area contributed by atoms with E-state index in [1.54, 1.807) is 0 Å². The minimum Gasteiger partial charge on any atom is -0.299 e. The van der Waals surface area contributed by atoms with E-state index in [0.717, 1.165) is 19.3 Å². The number of hydrogen-bond acceptors (Lipinski definition) is 1. The maximum Gasteiger partial charge on any atom is 0.135 e. The largest absolute Gasteiger partial charge is 0.299 e. The van der Waals surface area contributed by atoms with Gasteiger partial charge in [0.05, 0.1) is 0 Å². The SMILES string of the molecule is CCC(C)C(=O)CCC(C)C. The van der Waals surface area contributed by atoms with Gasteiger partial charge in [0.15, 0.2) is 0 Å². The fourth-order valence-corrected chi connectivity index (χ4v) is 0.905.